The molecule has 10 heteroatoms. The van der Waals surface area contributed by atoms with Gasteiger partial charge in [0.1, 0.15) is 0 Å². The Hall–Kier alpha value is -3.37. The zero-order valence-corrected chi connectivity index (χ0v) is 21.8. The second-order valence-corrected chi connectivity index (χ2v) is 10.8. The van der Waals surface area contributed by atoms with E-state index in [-0.39, 0.29) is 16.7 Å². The van der Waals surface area contributed by atoms with Gasteiger partial charge in [0, 0.05) is 19.0 Å². The smallest absolute Gasteiger partial charge is 0.243 e. The number of hydrogen-bond donors (Lipinski definition) is 1. The van der Waals surface area contributed by atoms with Crippen LogP contribution < -0.4 is 14.8 Å². The van der Waals surface area contributed by atoms with E-state index in [2.05, 4.69) is 10.4 Å². The highest BCUT2D eigenvalue weighted by atomic mass is 32.2. The van der Waals surface area contributed by atoms with Gasteiger partial charge in [0.2, 0.25) is 15.9 Å². The molecule has 1 aliphatic heterocycles. The van der Waals surface area contributed by atoms with E-state index < -0.39 is 10.0 Å². The summed E-state index contributed by atoms with van der Waals surface area (Å²) in [6, 6.07) is 14.1. The van der Waals surface area contributed by atoms with E-state index in [4.69, 9.17) is 9.47 Å². The van der Waals surface area contributed by atoms with Gasteiger partial charge in [-0.2, -0.15) is 9.40 Å². The summed E-state index contributed by atoms with van der Waals surface area (Å²) in [7, 11) is -0.354. The Morgan fingerprint density at radius 1 is 1.03 bits per heavy atom. The molecule has 0 bridgehead atoms. The number of anilines is 1. The van der Waals surface area contributed by atoms with Crippen molar-refractivity contribution in [3.8, 4) is 11.5 Å². The Morgan fingerprint density at radius 2 is 1.69 bits per heavy atom. The molecule has 1 amide bonds. The third-order valence-electron chi connectivity index (χ3n) is 6.62. The van der Waals surface area contributed by atoms with Gasteiger partial charge >= 0.3 is 0 Å². The van der Waals surface area contributed by atoms with Gasteiger partial charge in [-0.05, 0) is 56.5 Å². The first-order chi connectivity index (χ1) is 17.2. The molecule has 192 valence electrons. The summed E-state index contributed by atoms with van der Waals surface area (Å²) in [4.78, 5) is 13.4. The molecule has 0 saturated carbocycles. The summed E-state index contributed by atoms with van der Waals surface area (Å²) in [6.07, 6.45) is 0.936. The molecule has 0 unspecified atom stereocenters. The normalized spacial score (nSPS) is 15.0. The molecule has 0 spiro atoms. The molecule has 0 aliphatic carbocycles. The summed E-state index contributed by atoms with van der Waals surface area (Å²) in [5.74, 6) is 0.930. The predicted molar refractivity (Wildman–Crippen MR) is 137 cm³/mol. The van der Waals surface area contributed by atoms with Crippen molar-refractivity contribution >= 4 is 21.6 Å². The lowest BCUT2D eigenvalue weighted by Crippen LogP contribution is -2.41. The molecule has 1 aromatic heterocycles. The third-order valence-corrected chi connectivity index (χ3v) is 8.53. The lowest BCUT2D eigenvalue weighted by Gasteiger charge is -2.30. The van der Waals surface area contributed by atoms with Crippen LogP contribution in [0.15, 0.2) is 53.4 Å². The molecule has 0 atom stereocenters. The first kappa shape index (κ1) is 25.7. The quantitative estimate of drug-likeness (QED) is 0.495. The van der Waals surface area contributed by atoms with Gasteiger partial charge in [-0.3, -0.25) is 9.48 Å². The minimum absolute atomic E-state index is 0.108. The van der Waals surface area contributed by atoms with Crippen LogP contribution in [0.25, 0.3) is 0 Å². The zero-order chi connectivity index (χ0) is 25.9. The SMILES string of the molecule is COc1ccc(Cn2nc(C)c(NC(=O)C3CCN(S(=O)(=O)c4ccccc4)CC3)c2C)cc1OC. The highest BCUT2D eigenvalue weighted by molar-refractivity contribution is 7.89. The van der Waals surface area contributed by atoms with Gasteiger partial charge in [-0.25, -0.2) is 8.42 Å². The maximum absolute atomic E-state index is 13.1. The Kier molecular flexibility index (Phi) is 7.65. The van der Waals surface area contributed by atoms with Crippen molar-refractivity contribution in [2.45, 2.75) is 38.1 Å². The fourth-order valence-electron chi connectivity index (χ4n) is 4.51. The second kappa shape index (κ2) is 10.7. The number of piperidine rings is 1. The number of ether oxygens (including phenoxy) is 2. The van der Waals surface area contributed by atoms with Crippen LogP contribution in [-0.4, -0.2) is 55.7 Å². The van der Waals surface area contributed by atoms with Gasteiger partial charge in [-0.1, -0.05) is 24.3 Å². The van der Waals surface area contributed by atoms with Crippen LogP contribution in [0, 0.1) is 19.8 Å². The van der Waals surface area contributed by atoms with E-state index in [0.29, 0.717) is 49.7 Å². The maximum atomic E-state index is 13.1. The number of benzene rings is 2. The lowest BCUT2D eigenvalue weighted by molar-refractivity contribution is -0.120. The van der Waals surface area contributed by atoms with Crippen molar-refractivity contribution in [3.05, 3.63) is 65.5 Å². The highest BCUT2D eigenvalue weighted by Crippen LogP contribution is 2.29. The van der Waals surface area contributed by atoms with Gasteiger partial charge in [0.25, 0.3) is 0 Å². The minimum atomic E-state index is -3.55. The molecule has 1 saturated heterocycles. The van der Waals surface area contributed by atoms with Crippen molar-refractivity contribution in [1.29, 1.82) is 0 Å². The molecule has 4 rings (SSSR count). The Morgan fingerprint density at radius 3 is 2.33 bits per heavy atom. The average molecular weight is 513 g/mol. The second-order valence-electron chi connectivity index (χ2n) is 8.87. The first-order valence-electron chi connectivity index (χ1n) is 11.9. The Balaban J connectivity index is 1.41. The Labute approximate surface area is 212 Å². The van der Waals surface area contributed by atoms with Crippen LogP contribution in [-0.2, 0) is 21.4 Å². The average Bonchev–Trinajstić information content (AvgIpc) is 3.16. The molecule has 1 fully saturated rings. The van der Waals surface area contributed by atoms with E-state index in [1.165, 1.54) is 4.31 Å². The molecule has 36 heavy (non-hydrogen) atoms. The van der Waals surface area contributed by atoms with Crippen molar-refractivity contribution in [2.24, 2.45) is 5.92 Å². The summed E-state index contributed by atoms with van der Waals surface area (Å²) >= 11 is 0. The summed E-state index contributed by atoms with van der Waals surface area (Å²) in [5.41, 5.74) is 3.26. The topological polar surface area (TPSA) is 103 Å². The lowest BCUT2D eigenvalue weighted by atomic mass is 9.97. The number of amides is 1. The van der Waals surface area contributed by atoms with E-state index >= 15 is 0 Å². The van der Waals surface area contributed by atoms with Gasteiger partial charge < -0.3 is 14.8 Å². The molecular formula is C26H32N4O5S. The van der Waals surface area contributed by atoms with Crippen molar-refractivity contribution in [3.63, 3.8) is 0 Å². The van der Waals surface area contributed by atoms with Crippen molar-refractivity contribution in [1.82, 2.24) is 14.1 Å². The molecule has 9 nitrogen and oxygen atoms in total. The number of hydrogen-bond acceptors (Lipinski definition) is 6. The predicted octanol–water partition coefficient (Wildman–Crippen LogP) is 3.60. The van der Waals surface area contributed by atoms with Crippen molar-refractivity contribution in [2.75, 3.05) is 32.6 Å². The molecule has 0 radical (unpaired) electrons. The Bertz CT molecular complexity index is 1330. The number of aromatic nitrogens is 2. The van der Waals surface area contributed by atoms with E-state index in [9.17, 15) is 13.2 Å². The number of nitrogens with zero attached hydrogens (tertiary/aromatic N) is 3. The van der Waals surface area contributed by atoms with E-state index in [0.717, 1.165) is 17.0 Å². The third kappa shape index (κ3) is 5.24. The summed E-state index contributed by atoms with van der Waals surface area (Å²) in [6.45, 7) is 4.92. The number of carbonyl (C=O) groups excluding carboxylic acids is 1. The summed E-state index contributed by atoms with van der Waals surface area (Å²) < 4.78 is 39.8. The molecular weight excluding hydrogens is 480 g/mol. The number of rotatable bonds is 8. The standard InChI is InChI=1S/C26H32N4O5S/c1-18-25(19(2)30(28-18)17-20-10-11-23(34-3)24(16-20)35-4)27-26(31)21-12-14-29(15-13-21)36(32,33)22-8-6-5-7-9-22/h5-11,16,21H,12-15,17H2,1-4H3,(H,27,31). The van der Waals surface area contributed by atoms with Crippen LogP contribution in [0.5, 0.6) is 11.5 Å². The number of sulfonamides is 1. The van der Waals surface area contributed by atoms with E-state index in [1.54, 1.807) is 44.6 Å². The molecule has 2 heterocycles. The van der Waals surface area contributed by atoms with E-state index in [1.807, 2.05) is 36.7 Å². The fraction of sp³-hybridized carbons (Fsp3) is 0.385. The fourth-order valence-corrected chi connectivity index (χ4v) is 6.00. The molecule has 1 aliphatic rings. The zero-order valence-electron chi connectivity index (χ0n) is 21.0. The first-order valence-corrected chi connectivity index (χ1v) is 13.3. The van der Waals surface area contributed by atoms with Crippen LogP contribution >= 0.6 is 0 Å². The molecule has 2 aromatic carbocycles. The van der Waals surface area contributed by atoms with Crippen LogP contribution in [0.1, 0.15) is 29.8 Å². The van der Waals surface area contributed by atoms with Gasteiger partial charge in [0.05, 0.1) is 42.7 Å². The number of methoxy groups -OCH3 is 2. The largest absolute Gasteiger partial charge is 0.493 e. The van der Waals surface area contributed by atoms with Crippen LogP contribution in [0.2, 0.25) is 0 Å². The van der Waals surface area contributed by atoms with Crippen molar-refractivity contribution < 1.29 is 22.7 Å². The van der Waals surface area contributed by atoms with Crippen LogP contribution in [0.4, 0.5) is 5.69 Å². The minimum Gasteiger partial charge on any atom is -0.493 e. The molecule has 3 aromatic rings. The molecule has 1 N–H and O–H groups in total. The maximum Gasteiger partial charge on any atom is 0.243 e. The van der Waals surface area contributed by atoms with Gasteiger partial charge in [0.15, 0.2) is 11.5 Å². The monoisotopic (exact) mass is 512 g/mol. The van der Waals surface area contributed by atoms with Crippen LogP contribution in [0.3, 0.4) is 0 Å². The summed E-state index contributed by atoms with van der Waals surface area (Å²) in [5, 5.41) is 7.67. The number of carbonyl (C=O) groups is 1. The van der Waals surface area contributed by atoms with Gasteiger partial charge in [-0.15, -0.1) is 0 Å². The number of nitrogens with one attached hydrogen (secondary N) is 1. The number of aryl methyl sites for hydroxylation is 1. The highest BCUT2D eigenvalue weighted by Gasteiger charge is 2.32.